The number of aliphatic carboxylic acids is 1. The van der Waals surface area contributed by atoms with Crippen LogP contribution in [0, 0.1) is 24.2 Å². The topological polar surface area (TPSA) is 66.0 Å². The van der Waals surface area contributed by atoms with E-state index in [0.29, 0.717) is 11.3 Å². The monoisotopic (exact) mass is 506 g/mol. The highest BCUT2D eigenvalue weighted by Crippen LogP contribution is 2.50. The number of carboxylic acids is 1. The molecule has 3 aromatic carbocycles. The smallest absolute Gasteiger partial charge is 0.307 e. The van der Waals surface area contributed by atoms with Gasteiger partial charge in [0.2, 0.25) is 0 Å². The Labute approximate surface area is 217 Å². The van der Waals surface area contributed by atoms with Gasteiger partial charge in [-0.3, -0.25) is 8.77 Å². The van der Waals surface area contributed by atoms with Crippen molar-refractivity contribution in [3.05, 3.63) is 100 Å². The number of thiophene rings is 1. The SMILES string of the molecule is Cc1ccc(Sn2c(-c3cccc(C4CC4C(=O)O)c3)c(-c3ccsc3C#N)c3ccccc32)cc1. The summed E-state index contributed by atoms with van der Waals surface area (Å²) < 4.78 is 2.26. The number of nitriles is 1. The zero-order chi connectivity index (χ0) is 24.8. The Balaban J connectivity index is 1.61. The van der Waals surface area contributed by atoms with Crippen LogP contribution < -0.4 is 0 Å². The average Bonchev–Trinajstić information content (AvgIpc) is 3.47. The summed E-state index contributed by atoms with van der Waals surface area (Å²) in [6.07, 6.45) is 0.676. The Morgan fingerprint density at radius 1 is 1.08 bits per heavy atom. The molecule has 0 radical (unpaired) electrons. The molecule has 2 atom stereocenters. The van der Waals surface area contributed by atoms with E-state index in [1.54, 1.807) is 11.9 Å². The normalized spacial score (nSPS) is 16.7. The first-order chi connectivity index (χ1) is 17.5. The van der Waals surface area contributed by atoms with E-state index < -0.39 is 5.97 Å². The van der Waals surface area contributed by atoms with E-state index in [2.05, 4.69) is 65.5 Å². The third kappa shape index (κ3) is 3.91. The molecule has 1 fully saturated rings. The Kier molecular flexibility index (Phi) is 5.67. The summed E-state index contributed by atoms with van der Waals surface area (Å²) in [5.74, 6) is -0.994. The van der Waals surface area contributed by atoms with Crippen LogP contribution in [0.3, 0.4) is 0 Å². The highest BCUT2D eigenvalue weighted by molar-refractivity contribution is 7.98. The number of hydrogen-bond acceptors (Lipinski definition) is 4. The largest absolute Gasteiger partial charge is 0.481 e. The van der Waals surface area contributed by atoms with Crippen molar-refractivity contribution in [3.63, 3.8) is 0 Å². The minimum atomic E-state index is -0.730. The molecule has 5 aromatic rings. The van der Waals surface area contributed by atoms with Gasteiger partial charge in [0.05, 0.1) is 17.1 Å². The van der Waals surface area contributed by atoms with Crippen molar-refractivity contribution < 1.29 is 9.90 Å². The molecule has 36 heavy (non-hydrogen) atoms. The minimum absolute atomic E-state index is 0.0456. The molecule has 6 rings (SSSR count). The highest BCUT2D eigenvalue weighted by Gasteiger charge is 2.44. The van der Waals surface area contributed by atoms with E-state index in [1.165, 1.54) is 16.9 Å². The molecule has 0 amide bonds. The Morgan fingerprint density at radius 3 is 2.64 bits per heavy atom. The number of nitrogens with zero attached hydrogens (tertiary/aromatic N) is 2. The van der Waals surface area contributed by atoms with Crippen molar-refractivity contribution in [2.24, 2.45) is 5.92 Å². The number of hydrogen-bond donors (Lipinski definition) is 1. The maximum atomic E-state index is 11.5. The summed E-state index contributed by atoms with van der Waals surface area (Å²) in [5.41, 5.74) is 7.33. The van der Waals surface area contributed by atoms with E-state index in [4.69, 9.17) is 0 Å². The number of carbonyl (C=O) groups is 1. The lowest BCUT2D eigenvalue weighted by molar-refractivity contribution is -0.138. The van der Waals surface area contributed by atoms with Crippen LogP contribution >= 0.6 is 23.3 Å². The number of para-hydroxylation sites is 1. The zero-order valence-corrected chi connectivity index (χ0v) is 21.1. The van der Waals surface area contributed by atoms with Crippen LogP contribution in [0.2, 0.25) is 0 Å². The number of rotatable bonds is 6. The fourth-order valence-corrected chi connectivity index (χ4v) is 6.60. The highest BCUT2D eigenvalue weighted by atomic mass is 32.2. The minimum Gasteiger partial charge on any atom is -0.481 e. The van der Waals surface area contributed by atoms with Crippen molar-refractivity contribution in [2.75, 3.05) is 0 Å². The van der Waals surface area contributed by atoms with E-state index in [9.17, 15) is 15.2 Å². The van der Waals surface area contributed by atoms with Crippen LogP contribution in [0.4, 0.5) is 0 Å². The molecular formula is C30H22N2O2S2. The van der Waals surface area contributed by atoms with E-state index in [0.717, 1.165) is 43.7 Å². The summed E-state index contributed by atoms with van der Waals surface area (Å²) in [5, 5.41) is 22.4. The van der Waals surface area contributed by atoms with Crippen LogP contribution in [0.15, 0.2) is 89.1 Å². The van der Waals surface area contributed by atoms with Gasteiger partial charge in [0.1, 0.15) is 10.9 Å². The molecule has 0 aliphatic heterocycles. The van der Waals surface area contributed by atoms with Gasteiger partial charge in [-0.25, -0.2) is 0 Å². The molecule has 0 spiro atoms. The van der Waals surface area contributed by atoms with Gasteiger partial charge in [0.15, 0.2) is 0 Å². The second-order valence-corrected chi connectivity index (χ2v) is 11.1. The molecule has 2 unspecified atom stereocenters. The van der Waals surface area contributed by atoms with E-state index >= 15 is 0 Å². The molecular weight excluding hydrogens is 484 g/mol. The Hall–Kier alpha value is -3.79. The fraction of sp³-hybridized carbons (Fsp3) is 0.133. The Morgan fingerprint density at radius 2 is 1.89 bits per heavy atom. The van der Waals surface area contributed by atoms with Crippen LogP contribution in [-0.4, -0.2) is 15.0 Å². The quantitative estimate of drug-likeness (QED) is 0.254. The third-order valence-corrected chi connectivity index (χ3v) is 8.65. The lowest BCUT2D eigenvalue weighted by Gasteiger charge is -2.13. The third-order valence-electron chi connectivity index (χ3n) is 6.78. The second-order valence-electron chi connectivity index (χ2n) is 9.13. The van der Waals surface area contributed by atoms with Gasteiger partial charge in [-0.2, -0.15) is 5.26 Å². The maximum Gasteiger partial charge on any atom is 0.307 e. The lowest BCUT2D eigenvalue weighted by atomic mass is 9.97. The predicted molar refractivity (Wildman–Crippen MR) is 146 cm³/mol. The van der Waals surface area contributed by atoms with Gasteiger partial charge in [0, 0.05) is 27.0 Å². The van der Waals surface area contributed by atoms with Crippen molar-refractivity contribution in [1.29, 1.82) is 5.26 Å². The first-order valence-corrected chi connectivity index (χ1v) is 13.4. The standard InChI is InChI=1S/C30H22N2O2S2/c1-18-9-11-21(12-10-18)36-32-26-8-3-2-7-22(26)28(23-13-14-35-27(23)17-31)29(32)20-6-4-5-19(15-20)24-16-25(24)30(33)34/h2-15,24-25H,16H2,1H3,(H,33,34). The number of carboxylic acid groups (broad SMARTS) is 1. The van der Waals surface area contributed by atoms with Gasteiger partial charge in [-0.1, -0.05) is 54.1 Å². The van der Waals surface area contributed by atoms with Gasteiger partial charge >= 0.3 is 5.97 Å². The molecule has 176 valence electrons. The van der Waals surface area contributed by atoms with Crippen molar-refractivity contribution >= 4 is 40.2 Å². The first kappa shape index (κ1) is 22.7. The molecule has 4 nitrogen and oxygen atoms in total. The van der Waals surface area contributed by atoms with Gasteiger partial charge < -0.3 is 5.11 Å². The van der Waals surface area contributed by atoms with E-state index in [1.807, 2.05) is 35.7 Å². The molecule has 2 aromatic heterocycles. The average molecular weight is 507 g/mol. The molecule has 1 aliphatic carbocycles. The van der Waals surface area contributed by atoms with Gasteiger partial charge in [0.25, 0.3) is 0 Å². The summed E-state index contributed by atoms with van der Waals surface area (Å²) in [7, 11) is 0. The van der Waals surface area contributed by atoms with Crippen molar-refractivity contribution in [3.8, 4) is 28.5 Å². The lowest BCUT2D eigenvalue weighted by Crippen LogP contribution is -1.99. The van der Waals surface area contributed by atoms with Gasteiger partial charge in [-0.15, -0.1) is 11.3 Å². The molecule has 0 saturated heterocycles. The molecule has 0 bridgehead atoms. The van der Waals surface area contributed by atoms with E-state index in [-0.39, 0.29) is 11.8 Å². The molecule has 1 saturated carbocycles. The van der Waals surface area contributed by atoms with Crippen LogP contribution in [0.1, 0.15) is 28.3 Å². The Bertz CT molecular complexity index is 1660. The number of fused-ring (bicyclic) bond motifs is 1. The van der Waals surface area contributed by atoms with Crippen molar-refractivity contribution in [1.82, 2.24) is 3.97 Å². The molecule has 2 heterocycles. The second kappa shape index (κ2) is 9.02. The van der Waals surface area contributed by atoms with Crippen LogP contribution in [-0.2, 0) is 4.79 Å². The molecule has 1 N–H and O–H groups in total. The summed E-state index contributed by atoms with van der Waals surface area (Å²) in [4.78, 5) is 13.3. The zero-order valence-electron chi connectivity index (χ0n) is 19.5. The van der Waals surface area contributed by atoms with Crippen LogP contribution in [0.25, 0.3) is 33.3 Å². The number of benzene rings is 3. The molecule has 1 aliphatic rings. The molecule has 6 heteroatoms. The summed E-state index contributed by atoms with van der Waals surface area (Å²) >= 11 is 3.11. The summed E-state index contributed by atoms with van der Waals surface area (Å²) in [6, 6.07) is 29.5. The van der Waals surface area contributed by atoms with Crippen molar-refractivity contribution in [2.45, 2.75) is 24.2 Å². The fourth-order valence-electron chi connectivity index (χ4n) is 4.89. The summed E-state index contributed by atoms with van der Waals surface area (Å²) in [6.45, 7) is 2.08. The maximum absolute atomic E-state index is 11.5. The van der Waals surface area contributed by atoms with Gasteiger partial charge in [-0.05, 0) is 72.5 Å². The number of aromatic nitrogens is 1. The number of aryl methyl sites for hydroxylation is 1. The first-order valence-electron chi connectivity index (χ1n) is 11.7. The van der Waals surface area contributed by atoms with Crippen LogP contribution in [0.5, 0.6) is 0 Å². The predicted octanol–water partition coefficient (Wildman–Crippen LogP) is 7.96.